The van der Waals surface area contributed by atoms with Crippen LogP contribution < -0.4 is 0 Å². The van der Waals surface area contributed by atoms with Crippen molar-refractivity contribution in [1.82, 2.24) is 0 Å². The summed E-state index contributed by atoms with van der Waals surface area (Å²) in [5, 5.41) is 5.40. The number of isocyanates is 1. The monoisotopic (exact) mass is 111 g/mol. The highest BCUT2D eigenvalue weighted by Crippen LogP contribution is 0.868. The first kappa shape index (κ1) is 19.9. The lowest BCUT2D eigenvalue weighted by Crippen LogP contribution is -1.16. The molecule has 0 aromatic carbocycles. The van der Waals surface area contributed by atoms with E-state index in [1.165, 1.54) is 0 Å². The van der Waals surface area contributed by atoms with Crippen molar-refractivity contribution < 1.29 is 4.79 Å². The first-order valence-corrected chi connectivity index (χ1v) is 0.454. The molecule has 0 heterocycles. The number of rotatable bonds is 0. The van der Waals surface area contributed by atoms with Gasteiger partial charge in [0.15, 0.2) is 0 Å². The zero-order valence-electron chi connectivity index (χ0n) is 2.22. The zero-order chi connectivity index (χ0) is 2.71. The van der Waals surface area contributed by atoms with Crippen LogP contribution in [0, 0.1) is 5.41 Å². The fraction of sp³-hybridized carbons (Fsp3) is 0. The predicted octanol–water partition coefficient (Wildman–Crippen LogP) is 0.971. The van der Waals surface area contributed by atoms with Gasteiger partial charge in [0.25, 0.3) is 0 Å². The number of hydrogen-bond donors (Lipinski definition) is 1. The van der Waals surface area contributed by atoms with Crippen LogP contribution in [-0.4, -0.2) is 6.08 Å². The highest BCUT2D eigenvalue weighted by Gasteiger charge is 1.03. The van der Waals surface area contributed by atoms with Crippen molar-refractivity contribution in [2.24, 2.45) is 0 Å². The van der Waals surface area contributed by atoms with E-state index in [9.17, 15) is 0 Å². The Hall–Kier alpha value is 0.0200. The summed E-state index contributed by atoms with van der Waals surface area (Å²) in [6, 6.07) is 0. The Balaban J connectivity index is -0.0000000200. The Morgan fingerprint density at radius 2 is 1.60 bits per heavy atom. The molecule has 0 saturated carbocycles. The van der Waals surface area contributed by atoms with E-state index in [2.05, 4.69) is 0 Å². The minimum Gasteiger partial charge on any atom is -0.222 e. The summed E-state index contributed by atoms with van der Waals surface area (Å²) in [4.78, 5) is 8.35. The number of hydrogen-bond acceptors (Lipinski definition) is 2. The van der Waals surface area contributed by atoms with Crippen molar-refractivity contribution in [3.05, 3.63) is 0 Å². The highest BCUT2D eigenvalue weighted by atomic mass is 35.5. The lowest BCUT2D eigenvalue weighted by molar-refractivity contribution is 0.563. The van der Waals surface area contributed by atoms with Crippen LogP contribution >= 0.6 is 25.9 Å². The van der Waals surface area contributed by atoms with E-state index in [1.807, 2.05) is 0 Å². The molecular formula is CH2ClNOS. The average Bonchev–Trinajstić information content (AvgIpc) is 0.918. The molecule has 0 spiro atoms. The topological polar surface area (TPSA) is 40.9 Å². The molecule has 4 heteroatoms. The van der Waals surface area contributed by atoms with Crippen LogP contribution in [0.2, 0.25) is 0 Å². The molecule has 0 saturated heterocycles. The predicted molar refractivity (Wildman–Crippen MR) is 23.3 cm³/mol. The van der Waals surface area contributed by atoms with E-state index in [0.717, 1.165) is 6.08 Å². The molecule has 0 atom stereocenters. The smallest absolute Gasteiger partial charge is 0.222 e. The van der Waals surface area contributed by atoms with Crippen LogP contribution in [0.3, 0.4) is 0 Å². The van der Waals surface area contributed by atoms with E-state index in [4.69, 9.17) is 10.2 Å². The van der Waals surface area contributed by atoms with Gasteiger partial charge < -0.3 is 0 Å². The Morgan fingerprint density at radius 1 is 1.60 bits per heavy atom. The number of carbonyl (C=O) groups excluding carboxylic acids is 1. The third-order valence-electron chi connectivity index (χ3n) is 0. The minimum atomic E-state index is 0. The maximum Gasteiger partial charge on any atom is 0.231 e. The van der Waals surface area contributed by atoms with Crippen LogP contribution in [-0.2, 0) is 4.79 Å². The largest absolute Gasteiger partial charge is 0.231 e. The molecular weight excluding hydrogens is 110 g/mol. The van der Waals surface area contributed by atoms with E-state index >= 15 is 0 Å². The van der Waals surface area contributed by atoms with Gasteiger partial charge in [0.1, 0.15) is 0 Å². The molecule has 0 unspecified atom stereocenters. The second-order valence-corrected chi connectivity index (χ2v) is 0.102. The van der Waals surface area contributed by atoms with Gasteiger partial charge in [-0.1, -0.05) is 0 Å². The van der Waals surface area contributed by atoms with Gasteiger partial charge in [0.2, 0.25) is 6.08 Å². The van der Waals surface area contributed by atoms with Crippen LogP contribution in [0.5, 0.6) is 0 Å². The van der Waals surface area contributed by atoms with Gasteiger partial charge in [-0.3, -0.25) is 0 Å². The number of halogens is 1. The van der Waals surface area contributed by atoms with Gasteiger partial charge in [-0.15, -0.1) is 12.4 Å². The maximum atomic E-state index is 8.35. The Bertz CT molecular complexity index is 32.6. The molecule has 30 valence electrons. The van der Waals surface area contributed by atoms with E-state index < -0.39 is 0 Å². The van der Waals surface area contributed by atoms with Crippen molar-refractivity contribution in [3.63, 3.8) is 0 Å². The van der Waals surface area contributed by atoms with Gasteiger partial charge >= 0.3 is 0 Å². The van der Waals surface area contributed by atoms with Crippen LogP contribution in [0.25, 0.3) is 0 Å². The summed E-state index contributed by atoms with van der Waals surface area (Å²) in [6.45, 7) is 0. The van der Waals surface area contributed by atoms with E-state index in [0.29, 0.717) is 0 Å². The standard InChI is InChI=1S/CHNO.ClH.S/c2-1-3;;/h2H;1H;. The molecule has 1 N–H and O–H groups in total. The van der Waals surface area contributed by atoms with Crippen LogP contribution in [0.15, 0.2) is 0 Å². The SMILES string of the molecule is Cl.N=C=O.[S]. The fourth-order valence-electron chi connectivity index (χ4n) is 0. The fourth-order valence-corrected chi connectivity index (χ4v) is 0. The van der Waals surface area contributed by atoms with Crippen LogP contribution in [0.4, 0.5) is 0 Å². The molecule has 0 amide bonds. The third kappa shape index (κ3) is 41000. The molecule has 0 aliphatic carbocycles. The molecule has 0 fully saturated rings. The van der Waals surface area contributed by atoms with Crippen molar-refractivity contribution in [2.45, 2.75) is 0 Å². The second-order valence-electron chi connectivity index (χ2n) is 0.102. The quantitative estimate of drug-likeness (QED) is 0.367. The summed E-state index contributed by atoms with van der Waals surface area (Å²) in [7, 11) is 0. The van der Waals surface area contributed by atoms with Gasteiger partial charge in [-0.25, -0.2) is 10.2 Å². The molecule has 0 aromatic heterocycles. The van der Waals surface area contributed by atoms with Gasteiger partial charge in [0, 0.05) is 13.5 Å². The highest BCUT2D eigenvalue weighted by molar-refractivity contribution is 7.59. The summed E-state index contributed by atoms with van der Waals surface area (Å²) < 4.78 is 0. The molecule has 0 bridgehead atoms. The zero-order valence-corrected chi connectivity index (χ0v) is 3.86. The van der Waals surface area contributed by atoms with Crippen molar-refractivity contribution >= 4 is 32.0 Å². The third-order valence-corrected chi connectivity index (χ3v) is 0. The first-order valence-electron chi connectivity index (χ1n) is 0.454. The van der Waals surface area contributed by atoms with Crippen molar-refractivity contribution in [3.8, 4) is 0 Å². The molecule has 0 aromatic rings. The molecule has 2 nitrogen and oxygen atoms in total. The lowest BCUT2D eigenvalue weighted by atomic mass is 11.7. The van der Waals surface area contributed by atoms with E-state index in [1.54, 1.807) is 0 Å². The first-order chi connectivity index (χ1) is 1.41. The van der Waals surface area contributed by atoms with Gasteiger partial charge in [-0.05, 0) is 0 Å². The minimum absolute atomic E-state index is 0. The molecule has 5 heavy (non-hydrogen) atoms. The van der Waals surface area contributed by atoms with Gasteiger partial charge in [0.05, 0.1) is 0 Å². The average molecular weight is 112 g/mol. The molecule has 2 radical (unpaired) electrons. The second kappa shape index (κ2) is 35.2. The molecule has 0 rings (SSSR count). The molecule has 0 aliphatic rings. The Kier molecular flexibility index (Phi) is 140. The Morgan fingerprint density at radius 3 is 1.60 bits per heavy atom. The van der Waals surface area contributed by atoms with Crippen LogP contribution in [0.1, 0.15) is 0 Å². The normalized spacial score (nSPS) is 1.60. The van der Waals surface area contributed by atoms with Crippen molar-refractivity contribution in [1.29, 1.82) is 5.41 Å². The van der Waals surface area contributed by atoms with Crippen molar-refractivity contribution in [2.75, 3.05) is 0 Å². The summed E-state index contributed by atoms with van der Waals surface area (Å²) >= 11 is 0. The molecule has 0 aliphatic heterocycles. The van der Waals surface area contributed by atoms with Gasteiger partial charge in [-0.2, -0.15) is 0 Å². The van der Waals surface area contributed by atoms with E-state index in [-0.39, 0.29) is 25.9 Å². The summed E-state index contributed by atoms with van der Waals surface area (Å²) in [5.74, 6) is 0. The Labute approximate surface area is 42.9 Å². The summed E-state index contributed by atoms with van der Waals surface area (Å²) in [5.41, 5.74) is 0. The number of nitrogens with one attached hydrogen (secondary N) is 1. The maximum absolute atomic E-state index is 8.35. The summed E-state index contributed by atoms with van der Waals surface area (Å²) in [6.07, 6.45) is 0.750. The lowest BCUT2D eigenvalue weighted by Gasteiger charge is -1.02.